The van der Waals surface area contributed by atoms with Crippen molar-refractivity contribution in [2.24, 2.45) is 0 Å². The number of aromatic nitrogens is 6. The number of hydrogen-bond donors (Lipinski definition) is 3. The second-order valence-electron chi connectivity index (χ2n) is 7.83. The molecule has 1 unspecified atom stereocenters. The molecular formula is C22H24N8O4S2. The largest absolute Gasteiger partial charge is 0.454 e. The van der Waals surface area contributed by atoms with Crippen LogP contribution in [-0.4, -0.2) is 50.4 Å². The smallest absolute Gasteiger partial charge is 0.268 e. The molecule has 188 valence electrons. The number of thioether (sulfide) groups is 1. The number of benzene rings is 1. The first kappa shape index (κ1) is 24.1. The molecule has 12 nitrogen and oxygen atoms in total. The summed E-state index contributed by atoms with van der Waals surface area (Å²) in [6.07, 6.45) is 4.28. The number of rotatable bonds is 10. The van der Waals surface area contributed by atoms with Gasteiger partial charge >= 0.3 is 0 Å². The number of sulfonamides is 1. The Kier molecular flexibility index (Phi) is 6.80. The van der Waals surface area contributed by atoms with Crippen molar-refractivity contribution in [2.75, 3.05) is 18.0 Å². The molecule has 4 heterocycles. The molecular weight excluding hydrogens is 504 g/mol. The number of ether oxygens (including phenoxy) is 2. The molecule has 1 aromatic carbocycles. The monoisotopic (exact) mass is 528 g/mol. The third kappa shape index (κ3) is 5.01. The van der Waals surface area contributed by atoms with Gasteiger partial charge in [-0.15, -0.1) is 0 Å². The van der Waals surface area contributed by atoms with E-state index in [1.54, 1.807) is 13.1 Å². The van der Waals surface area contributed by atoms with Gasteiger partial charge in [-0.05, 0) is 24.2 Å². The molecule has 0 amide bonds. The minimum Gasteiger partial charge on any atom is -0.454 e. The van der Waals surface area contributed by atoms with Crippen LogP contribution in [0.4, 0.5) is 5.82 Å². The second kappa shape index (κ2) is 10.2. The van der Waals surface area contributed by atoms with Crippen LogP contribution in [0.3, 0.4) is 0 Å². The number of nitrogens with zero attached hydrogens (tertiary/aromatic N) is 5. The number of nitrogen functional groups attached to an aromatic ring is 1. The molecule has 0 bridgehead atoms. The summed E-state index contributed by atoms with van der Waals surface area (Å²) in [5.41, 5.74) is 9.59. The van der Waals surface area contributed by atoms with E-state index in [0.717, 1.165) is 16.8 Å². The summed E-state index contributed by atoms with van der Waals surface area (Å²) in [7, 11) is -3.35. The van der Waals surface area contributed by atoms with Gasteiger partial charge in [0.15, 0.2) is 22.1 Å². The third-order valence-corrected chi connectivity index (χ3v) is 7.84. The van der Waals surface area contributed by atoms with Gasteiger partial charge in [0.2, 0.25) is 15.1 Å². The Morgan fingerprint density at radius 1 is 1.25 bits per heavy atom. The molecule has 0 saturated carbocycles. The number of nitrogens with two attached hydrogens (primary N) is 1. The summed E-state index contributed by atoms with van der Waals surface area (Å²) < 4.78 is 40.4. The van der Waals surface area contributed by atoms with E-state index in [1.165, 1.54) is 24.4 Å². The van der Waals surface area contributed by atoms with Gasteiger partial charge in [0.05, 0.1) is 11.4 Å². The Morgan fingerprint density at radius 2 is 2.11 bits per heavy atom. The molecule has 0 aliphatic carbocycles. The van der Waals surface area contributed by atoms with Crippen LogP contribution >= 0.6 is 11.8 Å². The summed E-state index contributed by atoms with van der Waals surface area (Å²) in [4.78, 5) is 12.9. The maximum absolute atomic E-state index is 12.1. The zero-order valence-corrected chi connectivity index (χ0v) is 20.9. The third-order valence-electron chi connectivity index (χ3n) is 5.39. The molecule has 0 spiro atoms. The van der Waals surface area contributed by atoms with Crippen LogP contribution in [0.2, 0.25) is 0 Å². The van der Waals surface area contributed by atoms with Crippen LogP contribution in [-0.2, 0) is 26.0 Å². The average molecular weight is 529 g/mol. The van der Waals surface area contributed by atoms with Gasteiger partial charge < -0.3 is 19.8 Å². The molecule has 0 radical (unpaired) electrons. The highest BCUT2D eigenvalue weighted by Gasteiger charge is 2.27. The molecule has 0 saturated heterocycles. The number of nitrogens with one attached hydrogen (secondary N) is 2. The molecule has 0 fully saturated rings. The summed E-state index contributed by atoms with van der Waals surface area (Å²) >= 11 is 1.24. The number of H-pyrrole nitrogens is 1. The molecule has 1 aliphatic heterocycles. The lowest BCUT2D eigenvalue weighted by molar-refractivity contribution is -0.0269. The van der Waals surface area contributed by atoms with Crippen LogP contribution in [0.1, 0.15) is 25.2 Å². The van der Waals surface area contributed by atoms with Gasteiger partial charge in [0.25, 0.3) is 6.29 Å². The number of fused-ring (bicyclic) bond motifs is 1. The number of hydrogen-bond acceptors (Lipinski definition) is 10. The van der Waals surface area contributed by atoms with Gasteiger partial charge in [0.1, 0.15) is 12.6 Å². The van der Waals surface area contributed by atoms with Gasteiger partial charge in [-0.1, -0.05) is 31.2 Å². The number of anilines is 1. The van der Waals surface area contributed by atoms with E-state index < -0.39 is 16.3 Å². The first-order valence-corrected chi connectivity index (χ1v) is 13.6. The lowest BCUT2D eigenvalue weighted by atomic mass is 10.0. The zero-order chi connectivity index (χ0) is 25.1. The van der Waals surface area contributed by atoms with E-state index in [2.05, 4.69) is 29.9 Å². The van der Waals surface area contributed by atoms with Crippen LogP contribution in [0.25, 0.3) is 22.4 Å². The van der Waals surface area contributed by atoms with Crippen molar-refractivity contribution >= 4 is 38.8 Å². The van der Waals surface area contributed by atoms with E-state index in [-0.39, 0.29) is 11.6 Å². The van der Waals surface area contributed by atoms with Gasteiger partial charge in [-0.3, -0.25) is 5.10 Å². The van der Waals surface area contributed by atoms with Crippen molar-refractivity contribution in [3.8, 4) is 11.3 Å². The summed E-state index contributed by atoms with van der Waals surface area (Å²) in [6.45, 7) is 2.45. The fourth-order valence-electron chi connectivity index (χ4n) is 3.83. The first-order valence-electron chi connectivity index (χ1n) is 11.2. The van der Waals surface area contributed by atoms with Crippen molar-refractivity contribution < 1.29 is 17.9 Å². The minimum atomic E-state index is -3.35. The highest BCUT2D eigenvalue weighted by molar-refractivity contribution is 8.02. The fraction of sp³-hybridized carbons (Fsp3) is 0.273. The van der Waals surface area contributed by atoms with Crippen molar-refractivity contribution in [1.82, 2.24) is 34.4 Å². The normalized spacial score (nSPS) is 15.6. The number of imidazole rings is 1. The Labute approximate surface area is 211 Å². The lowest BCUT2D eigenvalue weighted by Crippen LogP contribution is -2.26. The second-order valence-corrected chi connectivity index (χ2v) is 10.7. The Hall–Kier alpha value is -3.62. The number of aryl methyl sites for hydroxylation is 1. The SMILES string of the molecule is CCNS(=O)(=O)CCCn1c(SC2=COC(c3ccccc3-c3ccn[nH]3)O2)nc2c(N)ncnc21. The highest BCUT2D eigenvalue weighted by Crippen LogP contribution is 2.40. The molecule has 3 aromatic heterocycles. The molecule has 1 aliphatic rings. The maximum atomic E-state index is 12.1. The Balaban J connectivity index is 1.36. The summed E-state index contributed by atoms with van der Waals surface area (Å²) in [5.74, 6) is 0.213. The average Bonchev–Trinajstić information content (AvgIpc) is 3.61. The van der Waals surface area contributed by atoms with Crippen molar-refractivity contribution in [2.45, 2.75) is 31.3 Å². The molecule has 4 N–H and O–H groups in total. The van der Waals surface area contributed by atoms with Crippen LogP contribution in [0.5, 0.6) is 0 Å². The molecule has 5 rings (SSSR count). The highest BCUT2D eigenvalue weighted by atomic mass is 32.2. The zero-order valence-electron chi connectivity index (χ0n) is 19.3. The quantitative estimate of drug-likeness (QED) is 0.279. The van der Waals surface area contributed by atoms with Gasteiger partial charge in [0, 0.05) is 30.4 Å². The van der Waals surface area contributed by atoms with Crippen LogP contribution in [0, 0.1) is 0 Å². The van der Waals surface area contributed by atoms with Crippen molar-refractivity contribution in [3.63, 3.8) is 0 Å². The Morgan fingerprint density at radius 3 is 2.92 bits per heavy atom. The topological polar surface area (TPSA) is 163 Å². The summed E-state index contributed by atoms with van der Waals surface area (Å²) in [5, 5.41) is 8.02. The molecule has 1 atom stereocenters. The van der Waals surface area contributed by atoms with E-state index in [9.17, 15) is 8.42 Å². The molecule has 4 aromatic rings. The Bertz CT molecular complexity index is 1500. The van der Waals surface area contributed by atoms with Gasteiger partial charge in [-0.25, -0.2) is 28.1 Å². The van der Waals surface area contributed by atoms with E-state index in [1.807, 2.05) is 34.9 Å². The molecule has 14 heteroatoms. The fourth-order valence-corrected chi connectivity index (χ4v) is 5.76. The van der Waals surface area contributed by atoms with Crippen molar-refractivity contribution in [1.29, 1.82) is 0 Å². The summed E-state index contributed by atoms with van der Waals surface area (Å²) in [6, 6.07) is 9.61. The lowest BCUT2D eigenvalue weighted by Gasteiger charge is -2.15. The van der Waals surface area contributed by atoms with Crippen LogP contribution in [0.15, 0.2) is 59.4 Å². The van der Waals surface area contributed by atoms with E-state index >= 15 is 0 Å². The minimum absolute atomic E-state index is 0.0278. The van der Waals surface area contributed by atoms with E-state index in [0.29, 0.717) is 40.9 Å². The van der Waals surface area contributed by atoms with Crippen molar-refractivity contribution in [3.05, 3.63) is 59.8 Å². The first-order chi connectivity index (χ1) is 17.4. The predicted molar refractivity (Wildman–Crippen MR) is 135 cm³/mol. The van der Waals surface area contributed by atoms with Crippen LogP contribution < -0.4 is 10.5 Å². The predicted octanol–water partition coefficient (Wildman–Crippen LogP) is 2.76. The van der Waals surface area contributed by atoms with E-state index in [4.69, 9.17) is 15.2 Å². The number of aromatic amines is 1. The molecule has 36 heavy (non-hydrogen) atoms. The maximum Gasteiger partial charge on any atom is 0.268 e. The van der Waals surface area contributed by atoms with Gasteiger partial charge in [-0.2, -0.15) is 5.10 Å². The standard InChI is InChI=1S/C22H24N8O4S2/c1-2-27-36(31,32)11-5-10-30-20-18(19(23)24-13-25-20)28-22(30)35-17-12-33-21(34-17)15-7-4-3-6-14(15)16-8-9-26-29-16/h3-4,6-9,12-13,21,27H,2,5,10-11H2,1H3,(H,26,29)(H2,23,24,25).